The van der Waals surface area contributed by atoms with Gasteiger partial charge in [0.2, 0.25) is 0 Å². The second-order valence-electron chi connectivity index (χ2n) is 7.59. The number of hydrogen-bond donors (Lipinski definition) is 2. The Morgan fingerprint density at radius 3 is 2.52 bits per heavy atom. The highest BCUT2D eigenvalue weighted by molar-refractivity contribution is 7.16. The van der Waals surface area contributed by atoms with Gasteiger partial charge in [0.25, 0.3) is 5.91 Å². The zero-order valence-corrected chi connectivity index (χ0v) is 20.1. The topological polar surface area (TPSA) is 78.1 Å². The Morgan fingerprint density at radius 1 is 0.970 bits per heavy atom. The molecule has 0 atom stereocenters. The highest BCUT2D eigenvalue weighted by Gasteiger charge is 2.27. The maximum Gasteiger partial charge on any atom is 0.259 e. The molecule has 0 fully saturated rings. The van der Waals surface area contributed by atoms with Crippen molar-refractivity contribution in [3.05, 3.63) is 58.0 Å². The van der Waals surface area contributed by atoms with Gasteiger partial charge >= 0.3 is 0 Å². The second kappa shape index (κ2) is 10.0. The van der Waals surface area contributed by atoms with Gasteiger partial charge in [0, 0.05) is 23.1 Å². The first-order valence-corrected chi connectivity index (χ1v) is 11.5. The van der Waals surface area contributed by atoms with Crippen LogP contribution in [0.15, 0.2) is 36.4 Å². The lowest BCUT2D eigenvalue weighted by molar-refractivity contribution is 0.102. The van der Waals surface area contributed by atoms with E-state index in [1.165, 1.54) is 4.88 Å². The van der Waals surface area contributed by atoms with Crippen LogP contribution in [0.25, 0.3) is 0 Å². The maximum absolute atomic E-state index is 13.4. The molecule has 1 aliphatic rings. The van der Waals surface area contributed by atoms with E-state index in [1.807, 2.05) is 18.2 Å². The number of anilines is 2. The summed E-state index contributed by atoms with van der Waals surface area (Å²) < 4.78 is 21.7. The number of carbonyl (C=O) groups is 1. The van der Waals surface area contributed by atoms with Crippen molar-refractivity contribution >= 4 is 27.9 Å². The highest BCUT2D eigenvalue weighted by atomic mass is 32.1. The Balaban J connectivity index is 1.61. The predicted molar refractivity (Wildman–Crippen MR) is 131 cm³/mol. The van der Waals surface area contributed by atoms with Crippen molar-refractivity contribution in [2.24, 2.45) is 0 Å². The van der Waals surface area contributed by atoms with Crippen LogP contribution in [0.1, 0.15) is 32.8 Å². The quantitative estimate of drug-likeness (QED) is 0.453. The predicted octanol–water partition coefficient (Wildman–Crippen LogP) is 5.14. The van der Waals surface area contributed by atoms with Crippen LogP contribution in [0.3, 0.4) is 0 Å². The monoisotopic (exact) mass is 468 g/mol. The standard InChI is InChI=1S/C25H28N2O5S/c1-29-16-11-12-18(20(13-16)31-3)27-24(28)22-17-8-6-10-21(17)33-25(22)26-14-15-7-5-9-19(30-2)23(15)32-4/h5,7,9,11-13,26H,6,8,10,14H2,1-4H3,(H,27,28). The number of aryl methyl sites for hydroxylation is 1. The molecule has 1 aliphatic carbocycles. The van der Waals surface area contributed by atoms with E-state index in [1.54, 1.807) is 58.0 Å². The molecule has 0 spiro atoms. The molecular weight excluding hydrogens is 440 g/mol. The summed E-state index contributed by atoms with van der Waals surface area (Å²) in [6, 6.07) is 11.1. The van der Waals surface area contributed by atoms with Crippen LogP contribution in [0.5, 0.6) is 23.0 Å². The molecule has 1 aromatic heterocycles. The molecule has 0 saturated carbocycles. The molecule has 4 rings (SSSR count). The number of para-hydroxylation sites is 1. The van der Waals surface area contributed by atoms with Gasteiger partial charge in [-0.1, -0.05) is 12.1 Å². The number of amides is 1. The fourth-order valence-electron chi connectivity index (χ4n) is 4.12. The number of nitrogens with one attached hydrogen (secondary N) is 2. The Morgan fingerprint density at radius 2 is 1.79 bits per heavy atom. The van der Waals surface area contributed by atoms with Crippen molar-refractivity contribution in [1.82, 2.24) is 0 Å². The molecule has 0 bridgehead atoms. The van der Waals surface area contributed by atoms with Gasteiger partial charge < -0.3 is 29.6 Å². The van der Waals surface area contributed by atoms with Crippen LogP contribution in [-0.4, -0.2) is 34.3 Å². The number of fused-ring (bicyclic) bond motifs is 1. The number of thiophene rings is 1. The molecule has 7 nitrogen and oxygen atoms in total. The molecule has 1 amide bonds. The Bertz CT molecular complexity index is 1160. The normalized spacial score (nSPS) is 12.1. The molecule has 8 heteroatoms. The summed E-state index contributed by atoms with van der Waals surface area (Å²) in [6.45, 7) is 0.506. The first kappa shape index (κ1) is 22.8. The first-order valence-electron chi connectivity index (χ1n) is 10.7. The Hall–Kier alpha value is -3.39. The van der Waals surface area contributed by atoms with Gasteiger partial charge in [-0.2, -0.15) is 0 Å². The molecule has 0 aliphatic heterocycles. The minimum absolute atomic E-state index is 0.155. The van der Waals surface area contributed by atoms with E-state index >= 15 is 0 Å². The summed E-state index contributed by atoms with van der Waals surface area (Å²) in [5.74, 6) is 2.42. The van der Waals surface area contributed by atoms with Gasteiger partial charge in [0.15, 0.2) is 11.5 Å². The zero-order chi connectivity index (χ0) is 23.4. The smallest absolute Gasteiger partial charge is 0.259 e. The zero-order valence-electron chi connectivity index (χ0n) is 19.2. The van der Waals surface area contributed by atoms with Gasteiger partial charge in [0.05, 0.1) is 39.7 Å². The lowest BCUT2D eigenvalue weighted by atomic mass is 10.1. The average molecular weight is 469 g/mol. The van der Waals surface area contributed by atoms with Gasteiger partial charge in [-0.3, -0.25) is 4.79 Å². The molecule has 0 saturated heterocycles. The molecular formula is C25H28N2O5S. The van der Waals surface area contributed by atoms with Crippen LogP contribution in [0, 0.1) is 0 Å². The van der Waals surface area contributed by atoms with Crippen LogP contribution in [0.2, 0.25) is 0 Å². The minimum Gasteiger partial charge on any atom is -0.497 e. The Labute approximate surface area is 197 Å². The van der Waals surface area contributed by atoms with Crippen LogP contribution in [-0.2, 0) is 19.4 Å². The molecule has 1 heterocycles. The molecule has 2 N–H and O–H groups in total. The SMILES string of the molecule is COc1ccc(NC(=O)c2c(NCc3cccc(OC)c3OC)sc3c2CCC3)c(OC)c1. The van der Waals surface area contributed by atoms with E-state index in [-0.39, 0.29) is 5.91 Å². The van der Waals surface area contributed by atoms with Crippen molar-refractivity contribution in [1.29, 1.82) is 0 Å². The average Bonchev–Trinajstić information content (AvgIpc) is 3.43. The lowest BCUT2D eigenvalue weighted by Gasteiger charge is -2.15. The van der Waals surface area contributed by atoms with E-state index in [2.05, 4.69) is 10.6 Å². The summed E-state index contributed by atoms with van der Waals surface area (Å²) in [6.07, 6.45) is 2.96. The molecule has 3 aromatic rings. The molecule has 33 heavy (non-hydrogen) atoms. The van der Waals surface area contributed by atoms with E-state index < -0.39 is 0 Å². The van der Waals surface area contributed by atoms with Crippen molar-refractivity contribution < 1.29 is 23.7 Å². The van der Waals surface area contributed by atoms with Crippen molar-refractivity contribution in [3.8, 4) is 23.0 Å². The minimum atomic E-state index is -0.155. The molecule has 174 valence electrons. The summed E-state index contributed by atoms with van der Waals surface area (Å²) in [5, 5.41) is 7.35. The van der Waals surface area contributed by atoms with Gasteiger partial charge in [-0.15, -0.1) is 11.3 Å². The number of rotatable bonds is 9. The highest BCUT2D eigenvalue weighted by Crippen LogP contribution is 2.41. The van der Waals surface area contributed by atoms with Gasteiger partial charge in [-0.25, -0.2) is 0 Å². The van der Waals surface area contributed by atoms with E-state index in [9.17, 15) is 4.79 Å². The largest absolute Gasteiger partial charge is 0.497 e. The fourth-order valence-corrected chi connectivity index (χ4v) is 5.41. The van der Waals surface area contributed by atoms with Gasteiger partial charge in [0.1, 0.15) is 16.5 Å². The van der Waals surface area contributed by atoms with E-state index in [4.69, 9.17) is 18.9 Å². The third-order valence-electron chi connectivity index (χ3n) is 5.73. The summed E-state index contributed by atoms with van der Waals surface area (Å²) in [7, 11) is 6.41. The van der Waals surface area contributed by atoms with Crippen molar-refractivity contribution in [2.75, 3.05) is 39.1 Å². The number of ether oxygens (including phenoxy) is 4. The number of methoxy groups -OCH3 is 4. The Kier molecular flexibility index (Phi) is 6.93. The summed E-state index contributed by atoms with van der Waals surface area (Å²) >= 11 is 1.65. The first-order chi connectivity index (χ1) is 16.1. The summed E-state index contributed by atoms with van der Waals surface area (Å²) in [5.41, 5.74) is 3.38. The molecule has 0 unspecified atom stereocenters. The summed E-state index contributed by atoms with van der Waals surface area (Å²) in [4.78, 5) is 14.7. The maximum atomic E-state index is 13.4. The second-order valence-corrected chi connectivity index (χ2v) is 8.69. The van der Waals surface area contributed by atoms with Gasteiger partial charge in [-0.05, 0) is 43.0 Å². The lowest BCUT2D eigenvalue weighted by Crippen LogP contribution is -2.16. The number of benzene rings is 2. The fraction of sp³-hybridized carbons (Fsp3) is 0.320. The molecule has 0 radical (unpaired) electrons. The third-order valence-corrected chi connectivity index (χ3v) is 6.98. The van der Waals surface area contributed by atoms with E-state index in [0.29, 0.717) is 40.8 Å². The van der Waals surface area contributed by atoms with Crippen LogP contribution < -0.4 is 29.6 Å². The number of carbonyl (C=O) groups excluding carboxylic acids is 1. The third kappa shape index (κ3) is 4.57. The molecule has 2 aromatic carbocycles. The van der Waals surface area contributed by atoms with Crippen molar-refractivity contribution in [2.45, 2.75) is 25.8 Å². The van der Waals surface area contributed by atoms with E-state index in [0.717, 1.165) is 35.4 Å². The van der Waals surface area contributed by atoms with Crippen molar-refractivity contribution in [3.63, 3.8) is 0 Å². The van der Waals surface area contributed by atoms with Crippen LogP contribution in [0.4, 0.5) is 10.7 Å². The van der Waals surface area contributed by atoms with Crippen LogP contribution >= 0.6 is 11.3 Å². The number of hydrogen-bond acceptors (Lipinski definition) is 7.